The molecule has 1 aliphatic heterocycles. The summed E-state index contributed by atoms with van der Waals surface area (Å²) in [4.78, 5) is 2.39. The minimum Gasteiger partial charge on any atom is -0.299 e. The summed E-state index contributed by atoms with van der Waals surface area (Å²) in [5, 5.41) is 8.79. The van der Waals surface area contributed by atoms with Crippen LogP contribution in [0.5, 0.6) is 0 Å². The molecule has 0 aromatic carbocycles. The molecule has 0 aromatic heterocycles. The van der Waals surface area contributed by atoms with Gasteiger partial charge >= 0.3 is 0 Å². The van der Waals surface area contributed by atoms with Gasteiger partial charge in [0.05, 0.1) is 6.07 Å². The molecular weight excluding hydrogens is 172 g/mol. The molecule has 2 heteroatoms. The van der Waals surface area contributed by atoms with E-state index in [-0.39, 0.29) is 0 Å². The zero-order valence-corrected chi connectivity index (χ0v) is 9.08. The Bertz CT molecular complexity index is 283. The third-order valence-corrected chi connectivity index (χ3v) is 2.80. The van der Waals surface area contributed by atoms with Gasteiger partial charge in [-0.3, -0.25) is 4.90 Å². The van der Waals surface area contributed by atoms with Crippen LogP contribution in [0.2, 0.25) is 0 Å². The van der Waals surface area contributed by atoms with E-state index in [4.69, 9.17) is 5.26 Å². The van der Waals surface area contributed by atoms with Crippen molar-refractivity contribution in [2.24, 2.45) is 5.92 Å². The van der Waals surface area contributed by atoms with Crippen LogP contribution in [0.25, 0.3) is 0 Å². The van der Waals surface area contributed by atoms with Crippen LogP contribution >= 0.6 is 0 Å². The van der Waals surface area contributed by atoms with Crippen LogP contribution in [0, 0.1) is 17.2 Å². The number of likely N-dealkylation sites (tertiary alicyclic amines) is 1. The van der Waals surface area contributed by atoms with E-state index in [1.54, 1.807) is 0 Å². The topological polar surface area (TPSA) is 27.0 Å². The third kappa shape index (κ3) is 2.71. The van der Waals surface area contributed by atoms with Crippen molar-refractivity contribution < 1.29 is 0 Å². The van der Waals surface area contributed by atoms with Crippen LogP contribution in [-0.2, 0) is 0 Å². The second-order valence-electron chi connectivity index (χ2n) is 4.10. The van der Waals surface area contributed by atoms with Crippen LogP contribution in [0.1, 0.15) is 20.3 Å². The fourth-order valence-corrected chi connectivity index (χ4v) is 1.82. The molecule has 0 radical (unpaired) electrons. The van der Waals surface area contributed by atoms with E-state index in [1.807, 2.05) is 13.0 Å². The van der Waals surface area contributed by atoms with Crippen molar-refractivity contribution in [2.75, 3.05) is 19.6 Å². The Morgan fingerprint density at radius 2 is 2.43 bits per heavy atom. The Morgan fingerprint density at radius 3 is 2.86 bits per heavy atom. The maximum atomic E-state index is 8.79. The predicted octanol–water partition coefficient (Wildman–Crippen LogP) is 2.35. The lowest BCUT2D eigenvalue weighted by Crippen LogP contribution is -2.22. The quantitative estimate of drug-likeness (QED) is 0.504. The monoisotopic (exact) mass is 190 g/mol. The molecule has 1 saturated heterocycles. The second kappa shape index (κ2) is 4.97. The van der Waals surface area contributed by atoms with Gasteiger partial charge in [-0.2, -0.15) is 5.26 Å². The molecule has 1 rings (SSSR count). The molecule has 0 bridgehead atoms. The van der Waals surface area contributed by atoms with Gasteiger partial charge in [-0.15, -0.1) is 0 Å². The summed E-state index contributed by atoms with van der Waals surface area (Å²) >= 11 is 0. The van der Waals surface area contributed by atoms with Crippen molar-refractivity contribution in [2.45, 2.75) is 20.3 Å². The van der Waals surface area contributed by atoms with Gasteiger partial charge in [0.15, 0.2) is 0 Å². The minimum absolute atomic E-state index is 0.791. The van der Waals surface area contributed by atoms with Crippen molar-refractivity contribution in [3.8, 4) is 6.07 Å². The number of rotatable bonds is 3. The first kappa shape index (κ1) is 11.0. The van der Waals surface area contributed by atoms with Gasteiger partial charge in [0.2, 0.25) is 0 Å². The van der Waals surface area contributed by atoms with Gasteiger partial charge in [0, 0.05) is 18.7 Å². The largest absolute Gasteiger partial charge is 0.299 e. The molecule has 1 aliphatic rings. The molecular formula is C12H18N2. The smallest absolute Gasteiger partial charge is 0.0947 e. The molecule has 0 aliphatic carbocycles. The first-order valence-electron chi connectivity index (χ1n) is 5.12. The van der Waals surface area contributed by atoms with E-state index in [1.165, 1.54) is 6.42 Å². The lowest BCUT2D eigenvalue weighted by Gasteiger charge is -2.16. The van der Waals surface area contributed by atoms with E-state index in [2.05, 4.69) is 24.5 Å². The third-order valence-electron chi connectivity index (χ3n) is 2.80. The molecule has 0 N–H and O–H groups in total. The Kier molecular flexibility index (Phi) is 3.91. The van der Waals surface area contributed by atoms with Crippen LogP contribution in [0.4, 0.5) is 0 Å². The van der Waals surface area contributed by atoms with Crippen molar-refractivity contribution >= 4 is 0 Å². The lowest BCUT2D eigenvalue weighted by atomic mass is 10.1. The Labute approximate surface area is 86.5 Å². The fourth-order valence-electron chi connectivity index (χ4n) is 1.82. The maximum absolute atomic E-state index is 8.79. The molecule has 76 valence electrons. The fraction of sp³-hybridized carbons (Fsp3) is 0.583. The summed E-state index contributed by atoms with van der Waals surface area (Å²) in [7, 11) is 0. The van der Waals surface area contributed by atoms with Crippen LogP contribution < -0.4 is 0 Å². The summed E-state index contributed by atoms with van der Waals surface area (Å²) < 4.78 is 0. The average Bonchev–Trinajstić information content (AvgIpc) is 2.59. The van der Waals surface area contributed by atoms with E-state index < -0.39 is 0 Å². The number of allylic oxidation sites excluding steroid dienone is 1. The molecule has 0 spiro atoms. The van der Waals surface area contributed by atoms with Crippen molar-refractivity contribution in [1.29, 1.82) is 5.26 Å². The van der Waals surface area contributed by atoms with Crippen LogP contribution in [0.15, 0.2) is 23.8 Å². The van der Waals surface area contributed by atoms with Gasteiger partial charge in [-0.1, -0.05) is 19.6 Å². The summed E-state index contributed by atoms with van der Waals surface area (Å²) in [6.45, 7) is 11.1. The van der Waals surface area contributed by atoms with Gasteiger partial charge in [0.25, 0.3) is 0 Å². The van der Waals surface area contributed by atoms with E-state index in [9.17, 15) is 0 Å². The van der Waals surface area contributed by atoms with Crippen molar-refractivity contribution in [3.63, 3.8) is 0 Å². The zero-order valence-electron chi connectivity index (χ0n) is 9.08. The van der Waals surface area contributed by atoms with Crippen LogP contribution in [0.3, 0.4) is 0 Å². The predicted molar refractivity (Wildman–Crippen MR) is 58.7 cm³/mol. The normalized spacial score (nSPS) is 24.2. The molecule has 0 amide bonds. The lowest BCUT2D eigenvalue weighted by molar-refractivity contribution is 0.358. The second-order valence-corrected chi connectivity index (χ2v) is 4.10. The summed E-state index contributed by atoms with van der Waals surface area (Å²) in [6, 6.07) is 2.18. The van der Waals surface area contributed by atoms with Gasteiger partial charge < -0.3 is 0 Å². The maximum Gasteiger partial charge on any atom is 0.0947 e. The summed E-state index contributed by atoms with van der Waals surface area (Å²) in [6.07, 6.45) is 3.08. The number of hydrogen-bond acceptors (Lipinski definition) is 2. The standard InChI is InChI=1S/C12H18N2/c1-4-12(11(3)7-13)9-14-6-5-10(2)8-14/h4,10H,1,5-6,8-9H2,2-3H3/b12-11-. The van der Waals surface area contributed by atoms with Gasteiger partial charge in [0.1, 0.15) is 0 Å². The summed E-state index contributed by atoms with van der Waals surface area (Å²) in [5.41, 5.74) is 1.86. The first-order chi connectivity index (χ1) is 6.67. The van der Waals surface area contributed by atoms with E-state index in [0.717, 1.165) is 36.7 Å². The highest BCUT2D eigenvalue weighted by Crippen LogP contribution is 2.17. The molecule has 14 heavy (non-hydrogen) atoms. The average molecular weight is 190 g/mol. The summed E-state index contributed by atoms with van der Waals surface area (Å²) in [5.74, 6) is 0.795. The number of nitriles is 1. The van der Waals surface area contributed by atoms with Gasteiger partial charge in [-0.05, 0) is 31.4 Å². The highest BCUT2D eigenvalue weighted by Gasteiger charge is 2.18. The molecule has 0 saturated carbocycles. The zero-order chi connectivity index (χ0) is 10.6. The Hall–Kier alpha value is -1.07. The number of nitrogens with zero attached hydrogens (tertiary/aromatic N) is 2. The molecule has 1 atom stereocenters. The first-order valence-corrected chi connectivity index (χ1v) is 5.12. The van der Waals surface area contributed by atoms with E-state index in [0.29, 0.717) is 0 Å². The highest BCUT2D eigenvalue weighted by molar-refractivity contribution is 5.33. The molecule has 2 nitrogen and oxygen atoms in total. The van der Waals surface area contributed by atoms with Crippen molar-refractivity contribution in [1.82, 2.24) is 4.90 Å². The molecule has 1 unspecified atom stereocenters. The van der Waals surface area contributed by atoms with Gasteiger partial charge in [-0.25, -0.2) is 0 Å². The van der Waals surface area contributed by atoms with Crippen molar-refractivity contribution in [3.05, 3.63) is 23.8 Å². The highest BCUT2D eigenvalue weighted by atomic mass is 15.1. The molecule has 1 heterocycles. The number of hydrogen-bond donors (Lipinski definition) is 0. The molecule has 0 aromatic rings. The minimum atomic E-state index is 0.791. The Morgan fingerprint density at radius 1 is 1.71 bits per heavy atom. The van der Waals surface area contributed by atoms with Crippen LogP contribution in [-0.4, -0.2) is 24.5 Å². The van der Waals surface area contributed by atoms with E-state index >= 15 is 0 Å². The Balaban J connectivity index is 2.59. The SMILES string of the molecule is C=C/C(CN1CCC(C)C1)=C(\C)C#N. The molecule has 1 fully saturated rings.